The first-order chi connectivity index (χ1) is 10.8. The van der Waals surface area contributed by atoms with Crippen LogP contribution in [-0.4, -0.2) is 27.2 Å². The lowest BCUT2D eigenvalue weighted by Crippen LogP contribution is -2.28. The topological polar surface area (TPSA) is 138 Å². The van der Waals surface area contributed by atoms with Crippen molar-refractivity contribution in [1.82, 2.24) is 4.57 Å². The summed E-state index contributed by atoms with van der Waals surface area (Å²) >= 11 is 0. The van der Waals surface area contributed by atoms with E-state index < -0.39 is 56.3 Å². The highest BCUT2D eigenvalue weighted by Crippen LogP contribution is 2.42. The van der Waals surface area contributed by atoms with E-state index in [1.54, 1.807) is 6.92 Å². The number of halogens is 1. The van der Waals surface area contributed by atoms with Crippen LogP contribution in [0.25, 0.3) is 10.9 Å². The molecule has 2 aromatic rings. The molecule has 1 atom stereocenters. The number of anilines is 1. The summed E-state index contributed by atoms with van der Waals surface area (Å²) in [6.07, 6.45) is 1.03. The maximum atomic E-state index is 14.3. The Morgan fingerprint density at radius 2 is 2.26 bits per heavy atom. The molecular weight excluding hydrogens is 313 g/mol. The number of hydrogen-bond acceptors (Lipinski definition) is 6. The van der Waals surface area contributed by atoms with Crippen molar-refractivity contribution in [1.29, 1.82) is 0 Å². The Morgan fingerprint density at radius 3 is 2.83 bits per heavy atom. The second-order valence-corrected chi connectivity index (χ2v) is 5.13. The third-order valence-electron chi connectivity index (χ3n) is 3.73. The van der Waals surface area contributed by atoms with Crippen molar-refractivity contribution in [3.63, 3.8) is 0 Å². The summed E-state index contributed by atoms with van der Waals surface area (Å²) in [5.74, 6) is -3.08. The minimum Gasteiger partial charge on any atom is -0.486 e. The lowest BCUT2D eigenvalue weighted by atomic mass is 10.0. The fourth-order valence-corrected chi connectivity index (χ4v) is 2.65. The minimum atomic E-state index is -1.54. The highest BCUT2D eigenvalue weighted by atomic mass is 19.1. The van der Waals surface area contributed by atoms with Gasteiger partial charge in [0.25, 0.3) is 0 Å². The first-order valence-electron chi connectivity index (χ1n) is 6.46. The maximum absolute atomic E-state index is 14.3. The number of benzene rings is 1. The lowest BCUT2D eigenvalue weighted by Gasteiger charge is -2.27. The standard InChI is InChI=1S/C13H10FN3O6/c1-4-3-23-12-7(14)8(15)9(17(21)22)6-10(12)16(4)2-5(11(6)18)13(19)20/h2,4H,3,15H2,1H3,(H,19,20). The van der Waals surface area contributed by atoms with E-state index >= 15 is 0 Å². The Morgan fingerprint density at radius 1 is 1.61 bits per heavy atom. The number of carboxylic acid groups (broad SMARTS) is 1. The summed E-state index contributed by atoms with van der Waals surface area (Å²) in [5, 5.41) is 19.8. The average molecular weight is 323 g/mol. The number of aromatic carboxylic acids is 1. The highest BCUT2D eigenvalue weighted by Gasteiger charge is 2.34. The Kier molecular flexibility index (Phi) is 2.99. The molecule has 1 unspecified atom stereocenters. The Labute approximate surface area is 126 Å². The summed E-state index contributed by atoms with van der Waals surface area (Å²) in [6.45, 7) is 1.64. The van der Waals surface area contributed by atoms with E-state index in [0.29, 0.717) is 0 Å². The molecule has 2 heterocycles. The summed E-state index contributed by atoms with van der Waals surface area (Å²) in [5.41, 5.74) is 1.68. The number of ether oxygens (including phenoxy) is 1. The van der Waals surface area contributed by atoms with Gasteiger partial charge in [-0.15, -0.1) is 0 Å². The van der Waals surface area contributed by atoms with Crippen molar-refractivity contribution < 1.29 is 24.0 Å². The van der Waals surface area contributed by atoms with Gasteiger partial charge in [-0.1, -0.05) is 0 Å². The molecule has 0 bridgehead atoms. The molecule has 1 aliphatic rings. The SMILES string of the molecule is CC1COc2c(F)c(N)c([N+](=O)[O-])c3c(=O)c(C(=O)O)cn1c23. The van der Waals surface area contributed by atoms with Crippen LogP contribution < -0.4 is 15.9 Å². The predicted molar refractivity (Wildman–Crippen MR) is 76.4 cm³/mol. The molecule has 0 spiro atoms. The number of nitro benzene ring substituents is 1. The number of carboxylic acids is 1. The molecule has 1 aliphatic heterocycles. The number of nitro groups is 1. The monoisotopic (exact) mass is 323 g/mol. The predicted octanol–water partition coefficient (Wildman–Crippen LogP) is 1.28. The molecule has 9 nitrogen and oxygen atoms in total. The largest absolute Gasteiger partial charge is 0.486 e. The summed E-state index contributed by atoms with van der Waals surface area (Å²) in [7, 11) is 0. The van der Waals surface area contributed by atoms with Gasteiger partial charge in [0.05, 0.1) is 11.0 Å². The molecule has 1 aromatic carbocycles. The molecular formula is C13H10FN3O6. The van der Waals surface area contributed by atoms with Gasteiger partial charge in [-0.2, -0.15) is 0 Å². The number of rotatable bonds is 2. The third kappa shape index (κ3) is 1.84. The molecule has 10 heteroatoms. The number of hydrogen-bond donors (Lipinski definition) is 2. The van der Waals surface area contributed by atoms with Gasteiger partial charge in [0.2, 0.25) is 5.43 Å². The van der Waals surface area contributed by atoms with Gasteiger partial charge in [0.1, 0.15) is 23.1 Å². The van der Waals surface area contributed by atoms with E-state index in [-0.39, 0.29) is 12.1 Å². The number of nitrogens with two attached hydrogens (primary N) is 1. The summed E-state index contributed by atoms with van der Waals surface area (Å²) < 4.78 is 20.8. The van der Waals surface area contributed by atoms with Crippen LogP contribution in [0.4, 0.5) is 15.8 Å². The normalized spacial score (nSPS) is 16.2. The Bertz CT molecular complexity index is 951. The van der Waals surface area contributed by atoms with Crippen molar-refractivity contribution in [2.24, 2.45) is 0 Å². The average Bonchev–Trinajstić information content (AvgIpc) is 2.47. The smallest absolute Gasteiger partial charge is 0.341 e. The van der Waals surface area contributed by atoms with Crippen LogP contribution in [0.2, 0.25) is 0 Å². The first kappa shape index (κ1) is 14.8. The number of aromatic nitrogens is 1. The second kappa shape index (κ2) is 4.66. The van der Waals surface area contributed by atoms with Crippen molar-refractivity contribution in [2.45, 2.75) is 13.0 Å². The number of nitrogens with zero attached hydrogens (tertiary/aromatic N) is 2. The van der Waals surface area contributed by atoms with Crippen molar-refractivity contribution in [3.8, 4) is 5.75 Å². The van der Waals surface area contributed by atoms with E-state index in [4.69, 9.17) is 15.6 Å². The number of carbonyl (C=O) groups is 1. The maximum Gasteiger partial charge on any atom is 0.341 e. The van der Waals surface area contributed by atoms with E-state index in [0.717, 1.165) is 6.20 Å². The van der Waals surface area contributed by atoms with Crippen molar-refractivity contribution >= 4 is 28.2 Å². The molecule has 23 heavy (non-hydrogen) atoms. The first-order valence-corrected chi connectivity index (χ1v) is 6.46. The van der Waals surface area contributed by atoms with Gasteiger partial charge < -0.3 is 20.1 Å². The van der Waals surface area contributed by atoms with Gasteiger partial charge in [0, 0.05) is 6.20 Å². The number of pyridine rings is 1. The molecule has 0 radical (unpaired) electrons. The van der Waals surface area contributed by atoms with Crippen LogP contribution in [-0.2, 0) is 0 Å². The van der Waals surface area contributed by atoms with Crippen LogP contribution >= 0.6 is 0 Å². The molecule has 0 saturated carbocycles. The molecule has 120 valence electrons. The Balaban J connectivity index is 2.69. The minimum absolute atomic E-state index is 0.00179. The zero-order valence-electron chi connectivity index (χ0n) is 11.7. The third-order valence-corrected chi connectivity index (χ3v) is 3.73. The summed E-state index contributed by atoms with van der Waals surface area (Å²) in [6, 6.07) is -0.452. The van der Waals surface area contributed by atoms with Gasteiger partial charge in [0.15, 0.2) is 17.3 Å². The highest BCUT2D eigenvalue weighted by molar-refractivity contribution is 6.02. The molecule has 1 aromatic heterocycles. The molecule has 0 saturated heterocycles. The zero-order chi connectivity index (χ0) is 17.0. The van der Waals surface area contributed by atoms with Gasteiger partial charge in [-0.3, -0.25) is 14.9 Å². The molecule has 3 N–H and O–H groups in total. The Hall–Kier alpha value is -3.17. The molecule has 0 amide bonds. The summed E-state index contributed by atoms with van der Waals surface area (Å²) in [4.78, 5) is 33.9. The quantitative estimate of drug-likeness (QED) is 0.482. The van der Waals surface area contributed by atoms with E-state index in [9.17, 15) is 24.1 Å². The lowest BCUT2D eigenvalue weighted by molar-refractivity contribution is -0.382. The van der Waals surface area contributed by atoms with E-state index in [2.05, 4.69) is 0 Å². The van der Waals surface area contributed by atoms with E-state index in [1.165, 1.54) is 4.57 Å². The van der Waals surface area contributed by atoms with Crippen LogP contribution in [0.15, 0.2) is 11.0 Å². The number of nitrogen functional groups attached to an aromatic ring is 1. The fourth-order valence-electron chi connectivity index (χ4n) is 2.65. The zero-order valence-corrected chi connectivity index (χ0v) is 11.7. The van der Waals surface area contributed by atoms with Crippen LogP contribution in [0.3, 0.4) is 0 Å². The van der Waals surface area contributed by atoms with Crippen LogP contribution in [0.1, 0.15) is 23.3 Å². The van der Waals surface area contributed by atoms with E-state index in [1.807, 2.05) is 0 Å². The molecule has 3 rings (SSSR count). The molecule has 0 aliphatic carbocycles. The van der Waals surface area contributed by atoms with Crippen molar-refractivity contribution in [3.05, 3.63) is 37.9 Å². The van der Waals surface area contributed by atoms with Crippen LogP contribution in [0, 0.1) is 15.9 Å². The van der Waals surface area contributed by atoms with Gasteiger partial charge in [-0.25, -0.2) is 9.18 Å². The van der Waals surface area contributed by atoms with Crippen LogP contribution in [0.5, 0.6) is 5.75 Å². The fraction of sp³-hybridized carbons (Fsp3) is 0.231. The molecule has 0 fully saturated rings. The van der Waals surface area contributed by atoms with Gasteiger partial charge in [-0.05, 0) is 6.92 Å². The van der Waals surface area contributed by atoms with Crippen molar-refractivity contribution in [2.75, 3.05) is 12.3 Å². The second-order valence-electron chi connectivity index (χ2n) is 5.13. The van der Waals surface area contributed by atoms with Gasteiger partial charge >= 0.3 is 11.7 Å².